The molecule has 0 aliphatic heterocycles. The van der Waals surface area contributed by atoms with Gasteiger partial charge in [-0.1, -0.05) is 23.9 Å². The average molecular weight is 359 g/mol. The van der Waals surface area contributed by atoms with Crippen LogP contribution in [0.4, 0.5) is 5.69 Å². The largest absolute Gasteiger partial charge is 0.467 e. The number of aryl methyl sites for hydroxylation is 1. The maximum absolute atomic E-state index is 11.8. The molecule has 0 saturated heterocycles. The zero-order valence-corrected chi connectivity index (χ0v) is 15.5. The van der Waals surface area contributed by atoms with Crippen molar-refractivity contribution in [3.05, 3.63) is 41.6 Å². The van der Waals surface area contributed by atoms with Crippen LogP contribution in [-0.2, 0) is 4.79 Å². The van der Waals surface area contributed by atoms with Crippen LogP contribution in [0, 0.1) is 6.92 Å². The number of nitrogens with zero attached hydrogens (tertiary/aromatic N) is 4. The summed E-state index contributed by atoms with van der Waals surface area (Å²) in [5.41, 5.74) is 5.20. The predicted molar refractivity (Wildman–Crippen MR) is 101 cm³/mol. The molecule has 0 aliphatic rings. The molecule has 7 nitrogen and oxygen atoms in total. The Hall–Kier alpha value is -2.61. The van der Waals surface area contributed by atoms with E-state index in [0.717, 1.165) is 16.9 Å². The Labute approximate surface area is 151 Å². The molecular weight excluding hydrogens is 338 g/mol. The lowest BCUT2D eigenvalue weighted by atomic mass is 10.2. The molecule has 0 fully saturated rings. The van der Waals surface area contributed by atoms with Crippen molar-refractivity contribution in [1.82, 2.24) is 15.4 Å². The number of carbonyl (C=O) groups is 1. The second-order valence-corrected chi connectivity index (χ2v) is 6.18. The number of ether oxygens (including phenoxy) is 1. The number of thioether (sulfide) groups is 1. The van der Waals surface area contributed by atoms with E-state index >= 15 is 0 Å². The van der Waals surface area contributed by atoms with Crippen LogP contribution < -0.4 is 15.1 Å². The van der Waals surface area contributed by atoms with Gasteiger partial charge >= 0.3 is 0 Å². The van der Waals surface area contributed by atoms with Crippen LogP contribution in [0.3, 0.4) is 0 Å². The van der Waals surface area contributed by atoms with Crippen molar-refractivity contribution in [1.29, 1.82) is 0 Å². The zero-order chi connectivity index (χ0) is 18.2. The minimum Gasteiger partial charge on any atom is -0.467 e. The van der Waals surface area contributed by atoms with E-state index in [1.54, 1.807) is 12.3 Å². The highest BCUT2D eigenvalue weighted by molar-refractivity contribution is 7.98. The van der Waals surface area contributed by atoms with Gasteiger partial charge in [0.25, 0.3) is 5.91 Å². The molecule has 0 unspecified atom stereocenters. The molecule has 2 aromatic rings. The Morgan fingerprint density at radius 1 is 1.32 bits per heavy atom. The van der Waals surface area contributed by atoms with Crippen LogP contribution in [0.5, 0.6) is 5.88 Å². The number of amides is 1. The summed E-state index contributed by atoms with van der Waals surface area (Å²) < 4.78 is 5.38. The van der Waals surface area contributed by atoms with E-state index in [1.807, 2.05) is 56.4 Å². The van der Waals surface area contributed by atoms with Gasteiger partial charge in [-0.15, -0.1) is 0 Å². The number of rotatable bonds is 7. The maximum Gasteiger partial charge on any atom is 0.278 e. The molecule has 25 heavy (non-hydrogen) atoms. The fourth-order valence-corrected chi connectivity index (χ4v) is 2.30. The summed E-state index contributed by atoms with van der Waals surface area (Å²) in [7, 11) is 3.95. The first-order valence-corrected chi connectivity index (χ1v) is 8.82. The SMILES string of the molecule is CSc1nc(C)cc(OCC(=O)N/N=C/c2ccc(N(C)C)cc2)n1. The van der Waals surface area contributed by atoms with E-state index in [-0.39, 0.29) is 12.5 Å². The highest BCUT2D eigenvalue weighted by Gasteiger charge is 2.05. The van der Waals surface area contributed by atoms with E-state index in [4.69, 9.17) is 4.74 Å². The van der Waals surface area contributed by atoms with Crippen LogP contribution in [0.15, 0.2) is 40.6 Å². The summed E-state index contributed by atoms with van der Waals surface area (Å²) in [6.45, 7) is 1.68. The third-order valence-electron chi connectivity index (χ3n) is 3.16. The molecule has 0 aliphatic carbocycles. The Morgan fingerprint density at radius 2 is 2.04 bits per heavy atom. The summed E-state index contributed by atoms with van der Waals surface area (Å²) in [6, 6.07) is 9.49. The summed E-state index contributed by atoms with van der Waals surface area (Å²) in [4.78, 5) is 22.2. The number of hydrogen-bond donors (Lipinski definition) is 1. The highest BCUT2D eigenvalue weighted by atomic mass is 32.2. The van der Waals surface area contributed by atoms with E-state index in [0.29, 0.717) is 11.0 Å². The lowest BCUT2D eigenvalue weighted by Crippen LogP contribution is -2.25. The van der Waals surface area contributed by atoms with Crippen molar-refractivity contribution in [3.8, 4) is 5.88 Å². The minimum absolute atomic E-state index is 0.165. The van der Waals surface area contributed by atoms with Gasteiger partial charge in [-0.2, -0.15) is 10.1 Å². The number of anilines is 1. The third-order valence-corrected chi connectivity index (χ3v) is 3.70. The number of benzene rings is 1. The molecular formula is C17H21N5O2S. The van der Waals surface area contributed by atoms with Gasteiger partial charge in [0.15, 0.2) is 11.8 Å². The fraction of sp³-hybridized carbons (Fsp3) is 0.294. The summed E-state index contributed by atoms with van der Waals surface area (Å²) in [6.07, 6.45) is 3.46. The topological polar surface area (TPSA) is 79.7 Å². The quantitative estimate of drug-likeness (QED) is 0.353. The molecule has 2 rings (SSSR count). The molecule has 0 atom stereocenters. The van der Waals surface area contributed by atoms with Crippen molar-refractivity contribution in [2.45, 2.75) is 12.1 Å². The van der Waals surface area contributed by atoms with Gasteiger partial charge in [-0.3, -0.25) is 4.79 Å². The molecule has 0 spiro atoms. The van der Waals surface area contributed by atoms with Crippen LogP contribution >= 0.6 is 11.8 Å². The van der Waals surface area contributed by atoms with Gasteiger partial charge in [0.05, 0.1) is 6.21 Å². The number of aromatic nitrogens is 2. The van der Waals surface area contributed by atoms with Crippen molar-refractivity contribution < 1.29 is 9.53 Å². The van der Waals surface area contributed by atoms with Crippen molar-refractivity contribution >= 4 is 29.6 Å². The molecule has 1 aromatic carbocycles. The molecule has 1 N–H and O–H groups in total. The number of hydrazone groups is 1. The Balaban J connectivity index is 1.83. The monoisotopic (exact) mass is 359 g/mol. The van der Waals surface area contributed by atoms with Crippen LogP contribution in [0.25, 0.3) is 0 Å². The van der Waals surface area contributed by atoms with Crippen LogP contribution in [-0.4, -0.2) is 49.0 Å². The van der Waals surface area contributed by atoms with Gasteiger partial charge in [0.2, 0.25) is 5.88 Å². The van der Waals surface area contributed by atoms with Crippen molar-refractivity contribution in [2.24, 2.45) is 5.10 Å². The Bertz CT molecular complexity index is 747. The van der Waals surface area contributed by atoms with Gasteiger partial charge in [0, 0.05) is 31.5 Å². The molecule has 1 heterocycles. The summed E-state index contributed by atoms with van der Waals surface area (Å²) in [5.74, 6) is 0.0124. The van der Waals surface area contributed by atoms with Crippen molar-refractivity contribution in [2.75, 3.05) is 31.9 Å². The Morgan fingerprint density at radius 3 is 2.68 bits per heavy atom. The van der Waals surface area contributed by atoms with Gasteiger partial charge < -0.3 is 9.64 Å². The number of hydrogen-bond acceptors (Lipinski definition) is 7. The van der Waals surface area contributed by atoms with E-state index in [2.05, 4.69) is 20.5 Å². The second kappa shape index (κ2) is 9.03. The third kappa shape index (κ3) is 6.07. The Kier molecular flexibility index (Phi) is 6.76. The lowest BCUT2D eigenvalue weighted by molar-refractivity contribution is -0.123. The molecule has 0 saturated carbocycles. The van der Waals surface area contributed by atoms with E-state index < -0.39 is 0 Å². The maximum atomic E-state index is 11.8. The molecule has 8 heteroatoms. The summed E-state index contributed by atoms with van der Waals surface area (Å²) in [5, 5.41) is 4.53. The fourth-order valence-electron chi connectivity index (χ4n) is 1.89. The second-order valence-electron chi connectivity index (χ2n) is 5.40. The standard InChI is InChI=1S/C17H21N5O2S/c1-12-9-16(20-17(19-12)25-4)24-11-15(23)21-18-10-13-5-7-14(8-6-13)22(2)3/h5-10H,11H2,1-4H3,(H,21,23)/b18-10+. The first kappa shape index (κ1) is 18.7. The first-order chi connectivity index (χ1) is 12.0. The number of nitrogens with one attached hydrogen (secondary N) is 1. The summed E-state index contributed by atoms with van der Waals surface area (Å²) >= 11 is 1.42. The molecule has 132 valence electrons. The van der Waals surface area contributed by atoms with E-state index in [1.165, 1.54) is 11.8 Å². The smallest absolute Gasteiger partial charge is 0.278 e. The minimum atomic E-state index is -0.358. The first-order valence-electron chi connectivity index (χ1n) is 7.59. The zero-order valence-electron chi connectivity index (χ0n) is 14.7. The van der Waals surface area contributed by atoms with Crippen LogP contribution in [0.1, 0.15) is 11.3 Å². The normalized spacial score (nSPS) is 10.7. The molecule has 1 amide bonds. The average Bonchev–Trinajstić information content (AvgIpc) is 2.60. The van der Waals surface area contributed by atoms with Gasteiger partial charge in [-0.05, 0) is 30.9 Å². The van der Waals surface area contributed by atoms with E-state index in [9.17, 15) is 4.79 Å². The molecule has 0 bridgehead atoms. The molecule has 1 aromatic heterocycles. The number of carbonyl (C=O) groups excluding carboxylic acids is 1. The lowest BCUT2D eigenvalue weighted by Gasteiger charge is -2.11. The van der Waals surface area contributed by atoms with Gasteiger partial charge in [0.1, 0.15) is 0 Å². The van der Waals surface area contributed by atoms with Crippen LogP contribution in [0.2, 0.25) is 0 Å². The highest BCUT2D eigenvalue weighted by Crippen LogP contribution is 2.15. The van der Waals surface area contributed by atoms with Gasteiger partial charge in [-0.25, -0.2) is 10.4 Å². The molecule has 0 radical (unpaired) electrons. The van der Waals surface area contributed by atoms with Crippen molar-refractivity contribution in [3.63, 3.8) is 0 Å². The predicted octanol–water partition coefficient (Wildman–Crippen LogP) is 2.10.